The summed E-state index contributed by atoms with van der Waals surface area (Å²) in [5.74, 6) is 0.418. The third kappa shape index (κ3) is 3.79. The van der Waals surface area contributed by atoms with Gasteiger partial charge >= 0.3 is 0 Å². The number of aromatic nitrogens is 2. The molecular formula is C15H24N4O4S. The molecule has 2 saturated heterocycles. The van der Waals surface area contributed by atoms with E-state index in [0.717, 1.165) is 19.3 Å². The number of carbonyl (C=O) groups is 1. The lowest BCUT2D eigenvalue weighted by Gasteiger charge is -2.32. The Morgan fingerprint density at radius 1 is 1.38 bits per heavy atom. The topological polar surface area (TPSA) is 93.5 Å². The minimum atomic E-state index is -3.55. The van der Waals surface area contributed by atoms with Crippen molar-refractivity contribution < 1.29 is 17.9 Å². The minimum absolute atomic E-state index is 0.0797. The zero-order valence-corrected chi connectivity index (χ0v) is 14.7. The van der Waals surface area contributed by atoms with Crippen LogP contribution in [0.5, 0.6) is 0 Å². The Morgan fingerprint density at radius 2 is 2.21 bits per heavy atom. The van der Waals surface area contributed by atoms with Gasteiger partial charge < -0.3 is 4.74 Å². The van der Waals surface area contributed by atoms with Crippen molar-refractivity contribution in [2.45, 2.75) is 51.3 Å². The number of piperidine rings is 1. The van der Waals surface area contributed by atoms with E-state index in [0.29, 0.717) is 31.9 Å². The predicted octanol–water partition coefficient (Wildman–Crippen LogP) is 0.497. The van der Waals surface area contributed by atoms with Gasteiger partial charge in [0, 0.05) is 25.8 Å². The summed E-state index contributed by atoms with van der Waals surface area (Å²) in [7, 11) is -3.55. The fraction of sp³-hybridized carbons (Fsp3) is 0.733. The van der Waals surface area contributed by atoms with Crippen LogP contribution in [0.15, 0.2) is 12.3 Å². The Bertz CT molecular complexity index is 681. The third-order valence-electron chi connectivity index (χ3n) is 4.46. The molecule has 8 nitrogen and oxygen atoms in total. The molecule has 134 valence electrons. The molecule has 0 aromatic carbocycles. The van der Waals surface area contributed by atoms with Crippen LogP contribution in [0.4, 0.5) is 5.82 Å². The van der Waals surface area contributed by atoms with Gasteiger partial charge in [0.2, 0.25) is 15.9 Å². The Morgan fingerprint density at radius 3 is 2.92 bits per heavy atom. The van der Waals surface area contributed by atoms with E-state index >= 15 is 0 Å². The van der Waals surface area contributed by atoms with Crippen molar-refractivity contribution in [2.24, 2.45) is 0 Å². The van der Waals surface area contributed by atoms with Crippen molar-refractivity contribution in [3.05, 3.63) is 12.3 Å². The smallest absolute Gasteiger partial charge is 0.246 e. The standard InChI is InChI=1S/C15H24N4O4S/c1-2-19-14(7-8-16-19)18-9-3-6-13(15(18)20)17-24(21,22)11-12-5-4-10-23-12/h7-8,12-13,17H,2-6,9-11H2,1H3/t12-,13+/m1/s1. The van der Waals surface area contributed by atoms with E-state index in [4.69, 9.17) is 4.74 Å². The number of amides is 1. The summed E-state index contributed by atoms with van der Waals surface area (Å²) in [6.07, 6.45) is 4.28. The first-order chi connectivity index (χ1) is 11.5. The summed E-state index contributed by atoms with van der Waals surface area (Å²) < 4.78 is 34.4. The van der Waals surface area contributed by atoms with Crippen LogP contribution >= 0.6 is 0 Å². The van der Waals surface area contributed by atoms with Gasteiger partial charge in [-0.2, -0.15) is 5.10 Å². The molecule has 0 saturated carbocycles. The highest BCUT2D eigenvalue weighted by atomic mass is 32.2. The SMILES string of the molecule is CCn1nccc1N1CCC[C@H](NS(=O)(=O)C[C@H]2CCCO2)C1=O. The van der Waals surface area contributed by atoms with Crippen LogP contribution in [0.2, 0.25) is 0 Å². The van der Waals surface area contributed by atoms with Gasteiger partial charge in [0.05, 0.1) is 18.1 Å². The van der Waals surface area contributed by atoms with E-state index in [1.165, 1.54) is 0 Å². The number of rotatable bonds is 6. The zero-order chi connectivity index (χ0) is 17.2. The molecule has 1 amide bonds. The molecule has 2 aliphatic heterocycles. The van der Waals surface area contributed by atoms with Crippen LogP contribution in [0.25, 0.3) is 0 Å². The maximum atomic E-state index is 12.7. The monoisotopic (exact) mass is 356 g/mol. The Labute approximate surface area is 142 Å². The van der Waals surface area contributed by atoms with Crippen LogP contribution in [0.3, 0.4) is 0 Å². The summed E-state index contributed by atoms with van der Waals surface area (Å²) in [5.41, 5.74) is 0. The van der Waals surface area contributed by atoms with Crippen LogP contribution in [0.1, 0.15) is 32.6 Å². The highest BCUT2D eigenvalue weighted by Gasteiger charge is 2.35. The second-order valence-electron chi connectivity index (χ2n) is 6.22. The number of nitrogens with zero attached hydrogens (tertiary/aromatic N) is 3. The lowest BCUT2D eigenvalue weighted by Crippen LogP contribution is -2.53. The van der Waals surface area contributed by atoms with Crippen molar-refractivity contribution in [3.8, 4) is 0 Å². The molecule has 9 heteroatoms. The quantitative estimate of drug-likeness (QED) is 0.801. The average Bonchev–Trinajstić information content (AvgIpc) is 3.19. The molecule has 0 bridgehead atoms. The van der Waals surface area contributed by atoms with E-state index in [2.05, 4.69) is 9.82 Å². The number of anilines is 1. The van der Waals surface area contributed by atoms with Crippen molar-refractivity contribution in [1.82, 2.24) is 14.5 Å². The number of ether oxygens (including phenoxy) is 1. The molecule has 2 atom stereocenters. The summed E-state index contributed by atoms with van der Waals surface area (Å²) in [5, 5.41) is 4.18. The summed E-state index contributed by atoms with van der Waals surface area (Å²) >= 11 is 0. The molecule has 1 N–H and O–H groups in total. The second-order valence-corrected chi connectivity index (χ2v) is 8.02. The number of nitrogens with one attached hydrogen (secondary N) is 1. The lowest BCUT2D eigenvalue weighted by atomic mass is 10.1. The largest absolute Gasteiger partial charge is 0.377 e. The fourth-order valence-electron chi connectivity index (χ4n) is 3.30. The molecule has 2 aliphatic rings. The first kappa shape index (κ1) is 17.4. The van der Waals surface area contributed by atoms with E-state index in [-0.39, 0.29) is 17.8 Å². The normalized spacial score (nSPS) is 25.4. The summed E-state index contributed by atoms with van der Waals surface area (Å²) in [6, 6.07) is 1.07. The minimum Gasteiger partial charge on any atom is -0.377 e. The predicted molar refractivity (Wildman–Crippen MR) is 89.2 cm³/mol. The number of sulfonamides is 1. The fourth-order valence-corrected chi connectivity index (χ4v) is 4.80. The van der Waals surface area contributed by atoms with Gasteiger partial charge in [0.1, 0.15) is 11.9 Å². The van der Waals surface area contributed by atoms with Crippen LogP contribution in [0, 0.1) is 0 Å². The molecular weight excluding hydrogens is 332 g/mol. The van der Waals surface area contributed by atoms with Gasteiger partial charge in [0.15, 0.2) is 0 Å². The van der Waals surface area contributed by atoms with Crippen LogP contribution in [-0.4, -0.2) is 55.2 Å². The number of carbonyl (C=O) groups excluding carboxylic acids is 1. The van der Waals surface area contributed by atoms with Crippen molar-refractivity contribution >= 4 is 21.7 Å². The van der Waals surface area contributed by atoms with Gasteiger partial charge in [-0.25, -0.2) is 17.8 Å². The van der Waals surface area contributed by atoms with Gasteiger partial charge in [0.25, 0.3) is 0 Å². The number of hydrogen-bond acceptors (Lipinski definition) is 5. The van der Waals surface area contributed by atoms with E-state index in [1.807, 2.05) is 6.92 Å². The van der Waals surface area contributed by atoms with Gasteiger partial charge in [-0.1, -0.05) is 0 Å². The average molecular weight is 356 g/mol. The van der Waals surface area contributed by atoms with E-state index < -0.39 is 16.1 Å². The zero-order valence-electron chi connectivity index (χ0n) is 13.8. The highest BCUT2D eigenvalue weighted by molar-refractivity contribution is 7.89. The highest BCUT2D eigenvalue weighted by Crippen LogP contribution is 2.22. The molecule has 3 rings (SSSR count). The maximum Gasteiger partial charge on any atom is 0.246 e. The van der Waals surface area contributed by atoms with Gasteiger partial charge in [-0.3, -0.25) is 9.69 Å². The number of aryl methyl sites for hydroxylation is 1. The third-order valence-corrected chi connectivity index (χ3v) is 5.91. The molecule has 0 spiro atoms. The lowest BCUT2D eigenvalue weighted by molar-refractivity contribution is -0.121. The van der Waals surface area contributed by atoms with Crippen molar-refractivity contribution in [1.29, 1.82) is 0 Å². The number of hydrogen-bond donors (Lipinski definition) is 1. The molecule has 1 aromatic rings. The Hall–Kier alpha value is -1.45. The molecule has 0 radical (unpaired) electrons. The van der Waals surface area contributed by atoms with Crippen molar-refractivity contribution in [3.63, 3.8) is 0 Å². The molecule has 3 heterocycles. The Kier molecular flexibility index (Phi) is 5.21. The molecule has 2 fully saturated rings. The van der Waals surface area contributed by atoms with Crippen LogP contribution in [-0.2, 0) is 26.1 Å². The maximum absolute atomic E-state index is 12.7. The first-order valence-corrected chi connectivity index (χ1v) is 10.1. The second kappa shape index (κ2) is 7.20. The first-order valence-electron chi connectivity index (χ1n) is 8.45. The summed E-state index contributed by atoms with van der Waals surface area (Å²) in [4.78, 5) is 14.4. The van der Waals surface area contributed by atoms with Gasteiger partial charge in [-0.05, 0) is 32.6 Å². The van der Waals surface area contributed by atoms with Gasteiger partial charge in [-0.15, -0.1) is 0 Å². The Balaban J connectivity index is 1.68. The van der Waals surface area contributed by atoms with E-state index in [9.17, 15) is 13.2 Å². The van der Waals surface area contributed by atoms with Crippen molar-refractivity contribution in [2.75, 3.05) is 23.8 Å². The van der Waals surface area contributed by atoms with E-state index in [1.54, 1.807) is 21.8 Å². The summed E-state index contributed by atoms with van der Waals surface area (Å²) in [6.45, 7) is 3.79. The van der Waals surface area contributed by atoms with Crippen LogP contribution < -0.4 is 9.62 Å². The molecule has 24 heavy (non-hydrogen) atoms. The molecule has 1 aromatic heterocycles. The molecule has 0 unspecified atom stereocenters. The molecule has 0 aliphatic carbocycles.